The molecule has 172 valence electrons. The second kappa shape index (κ2) is 8.30. The van der Waals surface area contributed by atoms with Gasteiger partial charge >= 0.3 is 0 Å². The Hall–Kier alpha value is -1.20. The minimum absolute atomic E-state index is 0.00647. The Bertz CT molecular complexity index is 796. The molecule has 0 radical (unpaired) electrons. The van der Waals surface area contributed by atoms with Gasteiger partial charge in [-0.2, -0.15) is 0 Å². The molecule has 0 aromatic carbocycles. The molecule has 5 fully saturated rings. The van der Waals surface area contributed by atoms with E-state index in [1.807, 2.05) is 25.2 Å². The number of carbonyl (C=O) groups is 1. The molecule has 1 amide bonds. The highest BCUT2D eigenvalue weighted by molar-refractivity contribution is 6.17. The molecule has 6 heteroatoms. The fourth-order valence-electron chi connectivity index (χ4n) is 7.51. The summed E-state index contributed by atoms with van der Waals surface area (Å²) < 4.78 is 28.9. The van der Waals surface area contributed by atoms with Crippen LogP contribution in [0.4, 0.5) is 8.78 Å². The molecule has 0 aromatic rings. The van der Waals surface area contributed by atoms with Crippen LogP contribution in [-0.4, -0.2) is 36.8 Å². The third-order valence-electron chi connectivity index (χ3n) is 8.36. The van der Waals surface area contributed by atoms with Crippen LogP contribution in [0.15, 0.2) is 36.5 Å². The molecule has 5 rings (SSSR count). The Kier molecular flexibility index (Phi) is 6.15. The van der Waals surface area contributed by atoms with Gasteiger partial charge in [0.25, 0.3) is 5.92 Å². The van der Waals surface area contributed by atoms with Gasteiger partial charge in [-0.15, -0.1) is 11.6 Å². The predicted molar refractivity (Wildman–Crippen MR) is 121 cm³/mol. The first-order valence-electron chi connectivity index (χ1n) is 11.6. The summed E-state index contributed by atoms with van der Waals surface area (Å²) in [7, 11) is 0. The molecule has 0 aromatic heterocycles. The van der Waals surface area contributed by atoms with Crippen molar-refractivity contribution in [3.63, 3.8) is 0 Å². The molecule has 31 heavy (non-hydrogen) atoms. The number of carbonyl (C=O) groups excluding carboxylic acids is 1. The van der Waals surface area contributed by atoms with Gasteiger partial charge in [-0.05, 0) is 87.2 Å². The maximum absolute atomic E-state index is 14.4. The number of nitrogens with one attached hydrogen (secondary N) is 2. The van der Waals surface area contributed by atoms with Gasteiger partial charge in [0, 0.05) is 5.88 Å². The van der Waals surface area contributed by atoms with Crippen molar-refractivity contribution in [2.75, 3.05) is 19.0 Å². The Morgan fingerprint density at radius 2 is 1.94 bits per heavy atom. The summed E-state index contributed by atoms with van der Waals surface area (Å²) in [5, 5.41) is 5.55. The molecule has 0 spiro atoms. The number of allylic oxidation sites excluding steroid dienone is 5. The zero-order valence-electron chi connectivity index (χ0n) is 18.5. The molecule has 1 aliphatic heterocycles. The van der Waals surface area contributed by atoms with E-state index in [4.69, 9.17) is 11.6 Å². The standard InChI is InChI=1S/C25H35ClF2N2O/c1-3-4-5-6-18(2)23-12-19-11-22(14-23,8-9-26)15-24(13-19,16-23)21(31)30-20-7-10-29-17-25(20,27)28/h3-6,19-20,29H,2,7-17H2,1H3,(H,30,31)/b4-3-,6-5-/t19?,20?,22-,23-,24?/m1/s1. The molecule has 1 saturated heterocycles. The van der Waals surface area contributed by atoms with Gasteiger partial charge in [0.1, 0.15) is 0 Å². The lowest BCUT2D eigenvalue weighted by atomic mass is 9.37. The highest BCUT2D eigenvalue weighted by atomic mass is 35.5. The number of rotatable bonds is 7. The number of hydrogen-bond donors (Lipinski definition) is 2. The predicted octanol–water partition coefficient (Wildman–Crippen LogP) is 5.37. The van der Waals surface area contributed by atoms with Gasteiger partial charge in [0.15, 0.2) is 0 Å². The van der Waals surface area contributed by atoms with Crippen molar-refractivity contribution in [1.82, 2.24) is 10.6 Å². The first kappa shape index (κ1) is 23.0. The summed E-state index contributed by atoms with van der Waals surface area (Å²) in [6, 6.07) is -1.09. The van der Waals surface area contributed by atoms with E-state index in [9.17, 15) is 13.6 Å². The molecular weight excluding hydrogens is 418 g/mol. The van der Waals surface area contributed by atoms with E-state index in [0.29, 0.717) is 24.8 Å². The van der Waals surface area contributed by atoms with E-state index in [0.717, 1.165) is 44.1 Å². The van der Waals surface area contributed by atoms with Crippen LogP contribution in [0.3, 0.4) is 0 Å². The summed E-state index contributed by atoms with van der Waals surface area (Å²) in [5.41, 5.74) is 0.339. The number of hydrogen-bond acceptors (Lipinski definition) is 2. The largest absolute Gasteiger partial charge is 0.347 e. The van der Waals surface area contributed by atoms with E-state index < -0.39 is 17.4 Å². The summed E-state index contributed by atoms with van der Waals surface area (Å²) in [4.78, 5) is 13.7. The van der Waals surface area contributed by atoms with Crippen molar-refractivity contribution in [2.45, 2.75) is 70.3 Å². The summed E-state index contributed by atoms with van der Waals surface area (Å²) >= 11 is 6.23. The molecular formula is C25H35ClF2N2O. The number of alkyl halides is 3. The smallest absolute Gasteiger partial charge is 0.280 e. The zero-order valence-corrected chi connectivity index (χ0v) is 19.2. The molecule has 4 aliphatic carbocycles. The van der Waals surface area contributed by atoms with E-state index in [-0.39, 0.29) is 29.7 Å². The minimum atomic E-state index is -2.92. The molecule has 1 heterocycles. The number of amides is 1. The molecule has 5 aliphatic rings. The molecule has 3 unspecified atom stereocenters. The van der Waals surface area contributed by atoms with Crippen LogP contribution in [0.5, 0.6) is 0 Å². The van der Waals surface area contributed by atoms with Crippen molar-refractivity contribution in [2.24, 2.45) is 22.2 Å². The van der Waals surface area contributed by atoms with Gasteiger partial charge < -0.3 is 10.6 Å². The third kappa shape index (κ3) is 4.13. The van der Waals surface area contributed by atoms with Gasteiger partial charge in [-0.3, -0.25) is 4.79 Å². The Morgan fingerprint density at radius 1 is 1.19 bits per heavy atom. The highest BCUT2D eigenvalue weighted by Crippen LogP contribution is 2.72. The van der Waals surface area contributed by atoms with Crippen LogP contribution >= 0.6 is 11.6 Å². The van der Waals surface area contributed by atoms with Crippen molar-refractivity contribution in [3.8, 4) is 0 Å². The lowest BCUT2D eigenvalue weighted by Crippen LogP contribution is -2.65. The van der Waals surface area contributed by atoms with Gasteiger partial charge in [-0.1, -0.05) is 30.9 Å². The maximum Gasteiger partial charge on any atom is 0.280 e. The van der Waals surface area contributed by atoms with Crippen LogP contribution in [0, 0.1) is 22.2 Å². The van der Waals surface area contributed by atoms with Crippen molar-refractivity contribution in [1.29, 1.82) is 0 Å². The second-order valence-corrected chi connectivity index (χ2v) is 11.0. The zero-order chi connectivity index (χ0) is 22.3. The topological polar surface area (TPSA) is 41.1 Å². The molecule has 4 saturated carbocycles. The van der Waals surface area contributed by atoms with E-state index in [1.54, 1.807) is 0 Å². The van der Waals surface area contributed by atoms with Crippen LogP contribution < -0.4 is 10.6 Å². The lowest BCUT2D eigenvalue weighted by molar-refractivity contribution is -0.173. The number of halogens is 3. The maximum atomic E-state index is 14.4. The van der Waals surface area contributed by atoms with Crippen LogP contribution in [0.25, 0.3) is 0 Å². The highest BCUT2D eigenvalue weighted by Gasteiger charge is 2.66. The van der Waals surface area contributed by atoms with E-state index >= 15 is 0 Å². The van der Waals surface area contributed by atoms with E-state index in [1.165, 1.54) is 0 Å². The van der Waals surface area contributed by atoms with Crippen molar-refractivity contribution < 1.29 is 13.6 Å². The van der Waals surface area contributed by atoms with Crippen molar-refractivity contribution in [3.05, 3.63) is 36.5 Å². The van der Waals surface area contributed by atoms with Crippen LogP contribution in [0.2, 0.25) is 0 Å². The monoisotopic (exact) mass is 452 g/mol. The third-order valence-corrected chi connectivity index (χ3v) is 8.55. The molecule has 2 N–H and O–H groups in total. The first-order valence-corrected chi connectivity index (χ1v) is 12.2. The lowest BCUT2D eigenvalue weighted by Gasteiger charge is -2.66. The number of piperidine rings is 1. The van der Waals surface area contributed by atoms with Gasteiger partial charge in [-0.25, -0.2) is 8.78 Å². The Balaban J connectivity index is 1.64. The minimum Gasteiger partial charge on any atom is -0.347 e. The summed E-state index contributed by atoms with van der Waals surface area (Å²) in [6.45, 7) is 6.53. The van der Waals surface area contributed by atoms with Crippen LogP contribution in [0.1, 0.15) is 58.3 Å². The fourth-order valence-corrected chi connectivity index (χ4v) is 7.91. The summed E-state index contributed by atoms with van der Waals surface area (Å²) in [6.07, 6.45) is 14.6. The molecule has 5 atom stereocenters. The second-order valence-electron chi connectivity index (χ2n) is 10.7. The Morgan fingerprint density at radius 3 is 2.65 bits per heavy atom. The van der Waals surface area contributed by atoms with Crippen LogP contribution in [-0.2, 0) is 4.79 Å². The molecule has 4 bridgehead atoms. The first-order chi connectivity index (χ1) is 14.7. The average molecular weight is 453 g/mol. The Labute approximate surface area is 189 Å². The summed E-state index contributed by atoms with van der Waals surface area (Å²) in [5.74, 6) is -2.10. The molecule has 3 nitrogen and oxygen atoms in total. The van der Waals surface area contributed by atoms with Gasteiger partial charge in [0.05, 0.1) is 18.0 Å². The van der Waals surface area contributed by atoms with Gasteiger partial charge in [0.2, 0.25) is 5.91 Å². The van der Waals surface area contributed by atoms with Crippen molar-refractivity contribution >= 4 is 17.5 Å². The quantitative estimate of drug-likeness (QED) is 0.402. The normalized spacial score (nSPS) is 41.2. The van der Waals surface area contributed by atoms with E-state index in [2.05, 4.69) is 23.3 Å². The average Bonchev–Trinajstić information content (AvgIpc) is 2.68. The SMILES string of the molecule is C=C(/C=C\C=C/C)[C@]12CC3CC(C(=O)NC4CCNCC4(F)F)(C[C@](CCCl)(C3)C1)C2. The fraction of sp³-hybridized carbons (Fsp3) is 0.720.